The fourth-order valence-corrected chi connectivity index (χ4v) is 2.92. The fraction of sp³-hybridized carbons (Fsp3) is 0.500. The van der Waals surface area contributed by atoms with Gasteiger partial charge in [-0.25, -0.2) is 0 Å². The van der Waals surface area contributed by atoms with Crippen LogP contribution in [0, 0.1) is 11.8 Å². The van der Waals surface area contributed by atoms with Gasteiger partial charge in [-0.1, -0.05) is 17.5 Å². The van der Waals surface area contributed by atoms with Gasteiger partial charge in [0.15, 0.2) is 6.10 Å². The smallest absolute Gasteiger partial charge is 0.255 e. The molecule has 0 spiro atoms. The Balaban J connectivity index is 2.24. The Labute approximate surface area is 153 Å². The summed E-state index contributed by atoms with van der Waals surface area (Å²) in [6, 6.07) is 2.99. The number of carbonyl (C=O) groups excluding carboxylic acids is 1. The maximum atomic E-state index is 12.8. The van der Waals surface area contributed by atoms with Crippen molar-refractivity contribution in [1.29, 1.82) is 0 Å². The number of amides is 1. The molecule has 1 aliphatic rings. The number of rotatable bonds is 5. The van der Waals surface area contributed by atoms with Crippen molar-refractivity contribution >= 4 is 23.2 Å². The molecule has 0 aliphatic carbocycles. The predicted molar refractivity (Wildman–Crippen MR) is 98.9 cm³/mol. The van der Waals surface area contributed by atoms with Gasteiger partial charge in [-0.3, -0.25) is 4.79 Å². The first-order chi connectivity index (χ1) is 12.0. The molecule has 0 saturated carbocycles. The molecule has 0 radical (unpaired) electrons. The average molecular weight is 366 g/mol. The largest absolute Gasteiger partial charge is 0.477 e. The van der Waals surface area contributed by atoms with Gasteiger partial charge in [0.2, 0.25) is 0 Å². The second-order valence-corrected chi connectivity index (χ2v) is 6.28. The minimum absolute atomic E-state index is 0.0868. The number of ether oxygens (including phenoxy) is 2. The third-order valence-electron chi connectivity index (χ3n) is 4.04. The van der Waals surface area contributed by atoms with Crippen molar-refractivity contribution in [1.82, 2.24) is 10.6 Å². The molecule has 4 N–H and O–H groups in total. The molecule has 1 heterocycles. The summed E-state index contributed by atoms with van der Waals surface area (Å²) in [7, 11) is 1.64. The maximum Gasteiger partial charge on any atom is 0.255 e. The van der Waals surface area contributed by atoms with E-state index in [2.05, 4.69) is 22.5 Å². The molecule has 136 valence electrons. The van der Waals surface area contributed by atoms with Gasteiger partial charge >= 0.3 is 0 Å². The van der Waals surface area contributed by atoms with Crippen LogP contribution in [0.2, 0.25) is 5.02 Å². The molecule has 1 aliphatic heterocycles. The van der Waals surface area contributed by atoms with E-state index in [1.807, 2.05) is 0 Å². The lowest BCUT2D eigenvalue weighted by Crippen LogP contribution is -2.53. The molecular weight excluding hydrogens is 342 g/mol. The van der Waals surface area contributed by atoms with Gasteiger partial charge in [-0.05, 0) is 32.9 Å². The van der Waals surface area contributed by atoms with Gasteiger partial charge in [0, 0.05) is 19.7 Å². The number of carbonyl (C=O) groups is 1. The number of hydrogen-bond donors (Lipinski definition) is 3. The standard InChI is InChI=1S/C18H24ClN3O3/c1-4-5-11(2)25-16-9-14(20)13(19)8-12(16)18(23)22-15-6-7-21-10-17(15)24-3/h8-9,11,15,17,21H,6-7,10,20H2,1-3H3,(H,22,23). The Morgan fingerprint density at radius 1 is 1.52 bits per heavy atom. The normalized spacial score (nSPS) is 21.0. The van der Waals surface area contributed by atoms with Gasteiger partial charge in [0.05, 0.1) is 28.4 Å². The van der Waals surface area contributed by atoms with Crippen molar-refractivity contribution in [3.63, 3.8) is 0 Å². The lowest BCUT2D eigenvalue weighted by atomic mass is 10.0. The molecule has 25 heavy (non-hydrogen) atoms. The Morgan fingerprint density at radius 2 is 2.28 bits per heavy atom. The van der Waals surface area contributed by atoms with Gasteiger partial charge < -0.3 is 25.8 Å². The summed E-state index contributed by atoms with van der Waals surface area (Å²) < 4.78 is 11.2. The summed E-state index contributed by atoms with van der Waals surface area (Å²) in [5.74, 6) is 5.75. The van der Waals surface area contributed by atoms with Crippen molar-refractivity contribution in [3.05, 3.63) is 22.7 Å². The van der Waals surface area contributed by atoms with Crippen LogP contribution >= 0.6 is 11.6 Å². The topological polar surface area (TPSA) is 85.6 Å². The van der Waals surface area contributed by atoms with Crippen molar-refractivity contribution in [2.75, 3.05) is 25.9 Å². The van der Waals surface area contributed by atoms with Crippen LogP contribution in [0.5, 0.6) is 5.75 Å². The molecule has 1 fully saturated rings. The van der Waals surface area contributed by atoms with Crippen LogP contribution in [0.4, 0.5) is 5.69 Å². The molecule has 1 aromatic rings. The third-order valence-corrected chi connectivity index (χ3v) is 4.37. The monoisotopic (exact) mass is 365 g/mol. The van der Waals surface area contributed by atoms with Crippen LogP contribution in [-0.4, -0.2) is 44.4 Å². The number of nitrogens with one attached hydrogen (secondary N) is 2. The highest BCUT2D eigenvalue weighted by Crippen LogP contribution is 2.30. The second kappa shape index (κ2) is 8.95. The van der Waals surface area contributed by atoms with E-state index in [0.29, 0.717) is 28.6 Å². The molecule has 0 bridgehead atoms. The van der Waals surface area contributed by atoms with E-state index in [0.717, 1.165) is 13.0 Å². The molecular formula is C18H24ClN3O3. The molecule has 3 atom stereocenters. The van der Waals surface area contributed by atoms with Crippen LogP contribution in [0.15, 0.2) is 12.1 Å². The van der Waals surface area contributed by atoms with Crippen molar-refractivity contribution in [2.24, 2.45) is 0 Å². The molecule has 1 amide bonds. The number of methoxy groups -OCH3 is 1. The van der Waals surface area contributed by atoms with E-state index in [9.17, 15) is 4.79 Å². The number of hydrogen-bond acceptors (Lipinski definition) is 5. The van der Waals surface area contributed by atoms with Crippen molar-refractivity contribution < 1.29 is 14.3 Å². The van der Waals surface area contributed by atoms with Crippen molar-refractivity contribution in [2.45, 2.75) is 38.5 Å². The predicted octanol–water partition coefficient (Wildman–Crippen LogP) is 1.82. The zero-order chi connectivity index (χ0) is 18.4. The van der Waals surface area contributed by atoms with E-state index >= 15 is 0 Å². The Hall–Kier alpha value is -1.94. The molecule has 1 aromatic carbocycles. The van der Waals surface area contributed by atoms with Gasteiger partial charge in [-0.15, -0.1) is 5.92 Å². The summed E-state index contributed by atoms with van der Waals surface area (Å²) in [5.41, 5.74) is 6.54. The molecule has 3 unspecified atom stereocenters. The summed E-state index contributed by atoms with van der Waals surface area (Å²) >= 11 is 6.10. The number of benzene rings is 1. The first kappa shape index (κ1) is 19.4. The number of halogens is 1. The highest BCUT2D eigenvalue weighted by molar-refractivity contribution is 6.33. The van der Waals surface area contributed by atoms with E-state index in [1.54, 1.807) is 27.0 Å². The molecule has 0 aromatic heterocycles. The molecule has 2 rings (SSSR count). The zero-order valence-corrected chi connectivity index (χ0v) is 15.4. The van der Waals surface area contributed by atoms with Crippen LogP contribution in [0.1, 0.15) is 30.6 Å². The Morgan fingerprint density at radius 3 is 2.96 bits per heavy atom. The zero-order valence-electron chi connectivity index (χ0n) is 14.7. The highest BCUT2D eigenvalue weighted by atomic mass is 35.5. The lowest BCUT2D eigenvalue weighted by molar-refractivity contribution is 0.0475. The summed E-state index contributed by atoms with van der Waals surface area (Å²) in [6.45, 7) is 5.04. The van der Waals surface area contributed by atoms with Gasteiger partial charge in [-0.2, -0.15) is 0 Å². The molecule has 6 nitrogen and oxygen atoms in total. The van der Waals surface area contributed by atoms with E-state index in [4.69, 9.17) is 26.8 Å². The first-order valence-electron chi connectivity index (χ1n) is 8.18. The van der Waals surface area contributed by atoms with Gasteiger partial charge in [0.25, 0.3) is 5.91 Å². The Bertz CT molecular complexity index is 684. The van der Waals surface area contributed by atoms with Crippen LogP contribution in [0.25, 0.3) is 0 Å². The minimum Gasteiger partial charge on any atom is -0.477 e. The number of nitrogens with two attached hydrogens (primary N) is 1. The summed E-state index contributed by atoms with van der Waals surface area (Å²) in [4.78, 5) is 12.8. The highest BCUT2D eigenvalue weighted by Gasteiger charge is 2.28. The number of anilines is 1. The number of nitrogen functional groups attached to an aromatic ring is 1. The van der Waals surface area contributed by atoms with Crippen molar-refractivity contribution in [3.8, 4) is 17.6 Å². The van der Waals surface area contributed by atoms with E-state index in [1.165, 1.54) is 6.07 Å². The van der Waals surface area contributed by atoms with Crippen LogP contribution in [0.3, 0.4) is 0 Å². The summed E-state index contributed by atoms with van der Waals surface area (Å²) in [5, 5.41) is 6.56. The second-order valence-electron chi connectivity index (χ2n) is 5.87. The van der Waals surface area contributed by atoms with Crippen LogP contribution in [-0.2, 0) is 4.74 Å². The summed E-state index contributed by atoms with van der Waals surface area (Å²) in [6.07, 6.45) is 0.319. The first-order valence-corrected chi connectivity index (χ1v) is 8.56. The fourth-order valence-electron chi connectivity index (χ4n) is 2.76. The quantitative estimate of drug-likeness (QED) is 0.547. The molecule has 7 heteroatoms. The average Bonchev–Trinajstić information content (AvgIpc) is 2.58. The van der Waals surface area contributed by atoms with Gasteiger partial charge in [0.1, 0.15) is 5.75 Å². The van der Waals surface area contributed by atoms with E-state index in [-0.39, 0.29) is 24.2 Å². The third kappa shape index (κ3) is 5.02. The minimum atomic E-state index is -0.372. The maximum absolute atomic E-state index is 12.8. The van der Waals surface area contributed by atoms with Crippen LogP contribution < -0.4 is 21.1 Å². The SMILES string of the molecule is CC#CC(C)Oc1cc(N)c(Cl)cc1C(=O)NC1CCNCC1OC. The number of piperidine rings is 1. The van der Waals surface area contributed by atoms with E-state index < -0.39 is 0 Å². The molecule has 1 saturated heterocycles. The Kier molecular flexibility index (Phi) is 6.94. The lowest BCUT2D eigenvalue weighted by Gasteiger charge is -2.31.